The molecule has 0 aliphatic carbocycles. The van der Waals surface area contributed by atoms with Crippen molar-refractivity contribution < 1.29 is 23.5 Å². The molecule has 1 aromatic rings. The van der Waals surface area contributed by atoms with Gasteiger partial charge in [-0.2, -0.15) is 8.78 Å². The molecule has 0 radical (unpaired) electrons. The third-order valence-electron chi connectivity index (χ3n) is 2.99. The number of halogens is 2. The largest absolute Gasteiger partial charge is 0.481 e. The van der Waals surface area contributed by atoms with E-state index < -0.39 is 24.2 Å². The van der Waals surface area contributed by atoms with E-state index in [0.29, 0.717) is 11.1 Å². The van der Waals surface area contributed by atoms with E-state index in [-0.39, 0.29) is 13.1 Å². The van der Waals surface area contributed by atoms with Crippen molar-refractivity contribution in [1.82, 2.24) is 4.90 Å². The quantitative estimate of drug-likeness (QED) is 0.870. The number of hydrogen-bond acceptors (Lipinski definition) is 2. The highest BCUT2D eigenvalue weighted by Gasteiger charge is 2.34. The molecule has 1 heterocycles. The van der Waals surface area contributed by atoms with Crippen molar-refractivity contribution in [1.29, 1.82) is 0 Å². The van der Waals surface area contributed by atoms with Gasteiger partial charge in [-0.15, -0.1) is 0 Å². The first-order valence-corrected chi connectivity index (χ1v) is 5.38. The fraction of sp³-hybridized carbons (Fsp3) is 0.333. The van der Waals surface area contributed by atoms with Crippen LogP contribution in [0.3, 0.4) is 0 Å². The highest BCUT2D eigenvalue weighted by atomic mass is 19.3. The molecule has 4 nitrogen and oxygen atoms in total. The smallest absolute Gasteiger partial charge is 0.315 e. The van der Waals surface area contributed by atoms with Crippen LogP contribution in [0.4, 0.5) is 8.78 Å². The average Bonchev–Trinajstić information content (AvgIpc) is 2.36. The van der Waals surface area contributed by atoms with E-state index in [2.05, 4.69) is 0 Å². The van der Waals surface area contributed by atoms with Gasteiger partial charge in [0.05, 0.1) is 5.92 Å². The molecule has 6 heteroatoms. The van der Waals surface area contributed by atoms with Gasteiger partial charge in [0.2, 0.25) is 0 Å². The number of carboxylic acid groups (broad SMARTS) is 1. The van der Waals surface area contributed by atoms with Crippen molar-refractivity contribution in [2.24, 2.45) is 0 Å². The van der Waals surface area contributed by atoms with Crippen molar-refractivity contribution >= 4 is 11.9 Å². The maximum atomic E-state index is 12.4. The van der Waals surface area contributed by atoms with Crippen LogP contribution in [0.15, 0.2) is 24.3 Å². The Morgan fingerprint density at radius 1 is 1.33 bits per heavy atom. The lowest BCUT2D eigenvalue weighted by Gasteiger charge is -2.32. The highest BCUT2D eigenvalue weighted by molar-refractivity contribution is 5.83. The van der Waals surface area contributed by atoms with Crippen LogP contribution in [-0.2, 0) is 16.1 Å². The molecule has 0 saturated heterocycles. The Morgan fingerprint density at radius 2 is 2.00 bits per heavy atom. The van der Waals surface area contributed by atoms with E-state index in [0.717, 1.165) is 4.90 Å². The molecule has 1 N–H and O–H groups in total. The Morgan fingerprint density at radius 3 is 2.61 bits per heavy atom. The minimum absolute atomic E-state index is 0.0309. The topological polar surface area (TPSA) is 57.6 Å². The van der Waals surface area contributed by atoms with Crippen LogP contribution in [0.2, 0.25) is 0 Å². The van der Waals surface area contributed by atoms with Crippen LogP contribution < -0.4 is 0 Å². The molecule has 96 valence electrons. The maximum Gasteiger partial charge on any atom is 0.315 e. The van der Waals surface area contributed by atoms with Gasteiger partial charge in [0, 0.05) is 13.1 Å². The zero-order valence-corrected chi connectivity index (χ0v) is 9.35. The first-order chi connectivity index (χ1) is 8.50. The van der Waals surface area contributed by atoms with Crippen LogP contribution in [-0.4, -0.2) is 34.9 Å². The fourth-order valence-corrected chi connectivity index (χ4v) is 2.12. The van der Waals surface area contributed by atoms with Gasteiger partial charge >= 0.3 is 12.4 Å². The molecular formula is C12H11F2NO3. The number of nitrogens with zero attached hydrogens (tertiary/aromatic N) is 1. The van der Waals surface area contributed by atoms with Gasteiger partial charge in [-0.05, 0) is 11.1 Å². The van der Waals surface area contributed by atoms with Gasteiger partial charge in [-0.1, -0.05) is 24.3 Å². The number of carboxylic acids is 1. The number of alkyl halides is 2. The van der Waals surface area contributed by atoms with E-state index in [1.54, 1.807) is 24.3 Å². The number of fused-ring (bicyclic) bond motifs is 1. The van der Waals surface area contributed by atoms with Crippen molar-refractivity contribution in [2.45, 2.75) is 18.9 Å². The summed E-state index contributed by atoms with van der Waals surface area (Å²) in [5, 5.41) is 9.10. The van der Waals surface area contributed by atoms with E-state index in [9.17, 15) is 18.4 Å². The van der Waals surface area contributed by atoms with Gasteiger partial charge in [0.1, 0.15) is 0 Å². The lowest BCUT2D eigenvalue weighted by atomic mass is 9.90. The maximum absolute atomic E-state index is 12.4. The summed E-state index contributed by atoms with van der Waals surface area (Å²) in [4.78, 5) is 23.3. The molecule has 1 amide bonds. The molecule has 1 atom stereocenters. The van der Waals surface area contributed by atoms with Crippen molar-refractivity contribution in [3.63, 3.8) is 0 Å². The van der Waals surface area contributed by atoms with Crippen LogP contribution in [0, 0.1) is 0 Å². The van der Waals surface area contributed by atoms with Gasteiger partial charge < -0.3 is 10.0 Å². The molecule has 0 spiro atoms. The van der Waals surface area contributed by atoms with Crippen molar-refractivity contribution in [3.8, 4) is 0 Å². The number of benzene rings is 1. The van der Waals surface area contributed by atoms with Gasteiger partial charge in [-0.3, -0.25) is 9.59 Å². The molecule has 0 saturated carbocycles. The molecule has 0 fully saturated rings. The molecular weight excluding hydrogens is 244 g/mol. The SMILES string of the molecule is O=C(O)C1CN(C(=O)C(F)F)Cc2ccccc21. The lowest BCUT2D eigenvalue weighted by molar-refractivity contribution is -0.147. The predicted octanol–water partition coefficient (Wildman–Crippen LogP) is 1.46. The van der Waals surface area contributed by atoms with Gasteiger partial charge in [0.15, 0.2) is 0 Å². The highest BCUT2D eigenvalue weighted by Crippen LogP contribution is 2.29. The van der Waals surface area contributed by atoms with E-state index in [4.69, 9.17) is 5.11 Å². The first-order valence-electron chi connectivity index (χ1n) is 5.38. The second-order valence-corrected chi connectivity index (χ2v) is 4.11. The summed E-state index contributed by atoms with van der Waals surface area (Å²) in [6, 6.07) is 6.68. The summed E-state index contributed by atoms with van der Waals surface area (Å²) >= 11 is 0. The zero-order chi connectivity index (χ0) is 13.3. The number of amides is 1. The van der Waals surface area contributed by atoms with Crippen LogP contribution in [0.1, 0.15) is 17.0 Å². The third kappa shape index (κ3) is 2.18. The minimum atomic E-state index is -3.11. The summed E-state index contributed by atoms with van der Waals surface area (Å²) < 4.78 is 24.8. The Bertz CT molecular complexity index is 490. The van der Waals surface area contributed by atoms with E-state index in [1.165, 1.54) is 0 Å². The zero-order valence-electron chi connectivity index (χ0n) is 9.35. The van der Waals surface area contributed by atoms with E-state index >= 15 is 0 Å². The Kier molecular flexibility index (Phi) is 3.27. The number of rotatable bonds is 2. The Hall–Kier alpha value is -1.98. The number of carbonyl (C=O) groups excluding carboxylic acids is 1. The standard InChI is InChI=1S/C12H11F2NO3/c13-10(14)11(16)15-5-7-3-1-2-4-8(7)9(6-15)12(17)18/h1-4,9-10H,5-6H2,(H,17,18). The molecule has 1 aliphatic heterocycles. The summed E-state index contributed by atoms with van der Waals surface area (Å²) in [6.07, 6.45) is -3.11. The number of aliphatic carboxylic acids is 1. The van der Waals surface area contributed by atoms with E-state index in [1.807, 2.05) is 0 Å². The molecule has 1 unspecified atom stereocenters. The molecule has 2 rings (SSSR count). The first kappa shape index (κ1) is 12.5. The van der Waals surface area contributed by atoms with Crippen LogP contribution in [0.25, 0.3) is 0 Å². The third-order valence-corrected chi connectivity index (χ3v) is 2.99. The number of carbonyl (C=O) groups is 2. The normalized spacial score (nSPS) is 18.6. The lowest BCUT2D eigenvalue weighted by Crippen LogP contribution is -2.43. The Balaban J connectivity index is 2.34. The van der Waals surface area contributed by atoms with Gasteiger partial charge in [-0.25, -0.2) is 0 Å². The second-order valence-electron chi connectivity index (χ2n) is 4.11. The van der Waals surface area contributed by atoms with Crippen LogP contribution >= 0.6 is 0 Å². The fourth-order valence-electron chi connectivity index (χ4n) is 2.12. The Labute approximate surface area is 102 Å². The summed E-state index contributed by atoms with van der Waals surface area (Å²) in [6.45, 7) is -0.182. The molecule has 0 bridgehead atoms. The predicted molar refractivity (Wildman–Crippen MR) is 58.2 cm³/mol. The number of hydrogen-bond donors (Lipinski definition) is 1. The van der Waals surface area contributed by atoms with Crippen molar-refractivity contribution in [2.75, 3.05) is 6.54 Å². The summed E-state index contributed by atoms with van der Waals surface area (Å²) in [5.74, 6) is -3.39. The van der Waals surface area contributed by atoms with Crippen molar-refractivity contribution in [3.05, 3.63) is 35.4 Å². The average molecular weight is 255 g/mol. The van der Waals surface area contributed by atoms with Gasteiger partial charge in [0.25, 0.3) is 5.91 Å². The molecule has 1 aliphatic rings. The molecule has 1 aromatic carbocycles. The second kappa shape index (κ2) is 4.72. The summed E-state index contributed by atoms with van der Waals surface area (Å²) in [5.41, 5.74) is 1.19. The minimum Gasteiger partial charge on any atom is -0.481 e. The molecule has 0 aromatic heterocycles. The summed E-state index contributed by atoms with van der Waals surface area (Å²) in [7, 11) is 0. The van der Waals surface area contributed by atoms with Crippen LogP contribution in [0.5, 0.6) is 0 Å². The monoisotopic (exact) mass is 255 g/mol. The molecule has 18 heavy (non-hydrogen) atoms.